The third-order valence-corrected chi connectivity index (χ3v) is 4.34. The average Bonchev–Trinajstić information content (AvgIpc) is 3.05. The molecule has 1 amide bonds. The number of pyridine rings is 1. The summed E-state index contributed by atoms with van der Waals surface area (Å²) < 4.78 is 0. The van der Waals surface area contributed by atoms with Crippen LogP contribution in [-0.2, 0) is 4.79 Å². The van der Waals surface area contributed by atoms with Crippen molar-refractivity contribution in [2.45, 2.75) is 45.4 Å². The van der Waals surface area contributed by atoms with Crippen molar-refractivity contribution in [3.8, 4) is 0 Å². The van der Waals surface area contributed by atoms with Gasteiger partial charge in [0.2, 0.25) is 5.91 Å². The number of fused-ring (bicyclic) bond motifs is 3. The molecule has 90 valence electrons. The topological polar surface area (TPSA) is 42.0 Å². The monoisotopic (exact) mass is 230 g/mol. The lowest BCUT2D eigenvalue weighted by atomic mass is 9.92. The number of nitrogens with one attached hydrogen (secondary N) is 1. The molecule has 2 aliphatic rings. The number of aromatic nitrogens is 1. The summed E-state index contributed by atoms with van der Waals surface area (Å²) >= 11 is 0. The summed E-state index contributed by atoms with van der Waals surface area (Å²) in [6, 6.07) is 2.09. The number of carbonyl (C=O) groups is 1. The number of amides is 1. The summed E-state index contributed by atoms with van der Waals surface area (Å²) in [5.41, 5.74) is 3.08. The third-order valence-electron chi connectivity index (χ3n) is 4.34. The van der Waals surface area contributed by atoms with Gasteiger partial charge in [-0.3, -0.25) is 9.78 Å². The number of hydrogen-bond acceptors (Lipinski definition) is 2. The summed E-state index contributed by atoms with van der Waals surface area (Å²) in [6.45, 7) is 6.37. The lowest BCUT2D eigenvalue weighted by molar-refractivity contribution is -0.121. The Morgan fingerprint density at radius 3 is 3.00 bits per heavy atom. The highest BCUT2D eigenvalue weighted by molar-refractivity contribution is 6.02. The molecule has 0 spiro atoms. The second-order valence-corrected chi connectivity index (χ2v) is 5.58. The molecular weight excluding hydrogens is 212 g/mol. The highest BCUT2D eigenvalue weighted by Gasteiger charge is 2.62. The number of carbonyl (C=O) groups excluding carboxylic acids is 1. The van der Waals surface area contributed by atoms with Crippen molar-refractivity contribution in [3.05, 3.63) is 23.5 Å². The quantitative estimate of drug-likeness (QED) is 0.848. The van der Waals surface area contributed by atoms with E-state index in [0.29, 0.717) is 11.8 Å². The Kier molecular flexibility index (Phi) is 2.09. The minimum Gasteiger partial charge on any atom is -0.324 e. The van der Waals surface area contributed by atoms with Crippen molar-refractivity contribution >= 4 is 11.6 Å². The van der Waals surface area contributed by atoms with Crippen molar-refractivity contribution in [2.75, 3.05) is 5.32 Å². The molecule has 2 heterocycles. The summed E-state index contributed by atoms with van der Waals surface area (Å²) in [7, 11) is 0. The van der Waals surface area contributed by atoms with Gasteiger partial charge in [-0.15, -0.1) is 0 Å². The molecule has 2 atom stereocenters. The maximum Gasteiger partial charge on any atom is 0.231 e. The molecule has 1 aromatic heterocycles. The molecule has 1 aliphatic heterocycles. The molecule has 1 unspecified atom stereocenters. The summed E-state index contributed by atoms with van der Waals surface area (Å²) in [5, 5.41) is 3.04. The Morgan fingerprint density at radius 2 is 2.35 bits per heavy atom. The van der Waals surface area contributed by atoms with Crippen molar-refractivity contribution in [1.82, 2.24) is 4.98 Å². The first kappa shape index (κ1) is 10.8. The molecule has 0 radical (unpaired) electrons. The van der Waals surface area contributed by atoms with Gasteiger partial charge in [0.15, 0.2) is 0 Å². The second kappa shape index (κ2) is 3.31. The van der Waals surface area contributed by atoms with Gasteiger partial charge in [-0.2, -0.15) is 0 Å². The van der Waals surface area contributed by atoms with Crippen LogP contribution in [0, 0.1) is 5.41 Å². The largest absolute Gasteiger partial charge is 0.324 e. The molecule has 1 aliphatic carbocycles. The summed E-state index contributed by atoms with van der Waals surface area (Å²) in [6.07, 6.45) is 3.84. The first-order valence-corrected chi connectivity index (χ1v) is 6.40. The molecule has 0 aromatic carbocycles. The van der Waals surface area contributed by atoms with Gasteiger partial charge in [-0.25, -0.2) is 0 Å². The zero-order valence-corrected chi connectivity index (χ0v) is 10.6. The molecule has 1 aromatic rings. The van der Waals surface area contributed by atoms with Gasteiger partial charge in [0.05, 0.1) is 16.8 Å². The van der Waals surface area contributed by atoms with E-state index in [0.717, 1.165) is 24.2 Å². The van der Waals surface area contributed by atoms with Gasteiger partial charge < -0.3 is 5.32 Å². The van der Waals surface area contributed by atoms with Crippen LogP contribution < -0.4 is 5.32 Å². The van der Waals surface area contributed by atoms with Crippen LogP contribution in [0.2, 0.25) is 0 Å². The van der Waals surface area contributed by atoms with E-state index in [2.05, 4.69) is 37.1 Å². The molecular formula is C14H18N2O. The minimum atomic E-state index is -0.140. The molecule has 3 rings (SSSR count). The van der Waals surface area contributed by atoms with Crippen molar-refractivity contribution in [3.63, 3.8) is 0 Å². The van der Waals surface area contributed by atoms with Crippen LogP contribution in [0.15, 0.2) is 12.3 Å². The highest BCUT2D eigenvalue weighted by atomic mass is 16.2. The molecule has 0 bridgehead atoms. The number of nitrogens with zero attached hydrogens (tertiary/aromatic N) is 1. The molecule has 17 heavy (non-hydrogen) atoms. The Morgan fingerprint density at radius 1 is 1.59 bits per heavy atom. The first-order valence-electron chi connectivity index (χ1n) is 6.40. The van der Waals surface area contributed by atoms with Crippen LogP contribution in [0.1, 0.15) is 56.7 Å². The Hall–Kier alpha value is -1.38. The number of rotatable bonds is 2. The molecule has 1 fully saturated rings. The maximum atomic E-state index is 12.1. The van der Waals surface area contributed by atoms with Gasteiger partial charge in [-0.1, -0.05) is 20.8 Å². The predicted octanol–water partition coefficient (Wildman–Crippen LogP) is 3.04. The molecule has 1 N–H and O–H groups in total. The smallest absolute Gasteiger partial charge is 0.231 e. The van der Waals surface area contributed by atoms with Crippen LogP contribution in [0.4, 0.5) is 5.69 Å². The van der Waals surface area contributed by atoms with E-state index in [1.54, 1.807) is 0 Å². The number of hydrogen-bond donors (Lipinski definition) is 1. The van der Waals surface area contributed by atoms with Crippen LogP contribution in [-0.4, -0.2) is 10.9 Å². The minimum absolute atomic E-state index is 0.140. The zero-order valence-electron chi connectivity index (χ0n) is 10.6. The van der Waals surface area contributed by atoms with E-state index in [9.17, 15) is 4.79 Å². The van der Waals surface area contributed by atoms with E-state index < -0.39 is 0 Å². The van der Waals surface area contributed by atoms with Crippen LogP contribution in [0.25, 0.3) is 0 Å². The van der Waals surface area contributed by atoms with Gasteiger partial charge in [0.1, 0.15) is 0 Å². The zero-order chi connectivity index (χ0) is 12.2. The fourth-order valence-corrected chi connectivity index (χ4v) is 2.90. The number of anilines is 1. The van der Waals surface area contributed by atoms with E-state index in [-0.39, 0.29) is 11.3 Å². The molecule has 1 saturated carbocycles. The van der Waals surface area contributed by atoms with Crippen molar-refractivity contribution in [2.24, 2.45) is 5.41 Å². The van der Waals surface area contributed by atoms with Crippen LogP contribution >= 0.6 is 0 Å². The normalized spacial score (nSPS) is 29.6. The fraction of sp³-hybridized carbons (Fsp3) is 0.571. The summed E-state index contributed by atoms with van der Waals surface area (Å²) in [5.74, 6) is 0.999. The van der Waals surface area contributed by atoms with Crippen molar-refractivity contribution < 1.29 is 4.79 Å². The van der Waals surface area contributed by atoms with E-state index in [4.69, 9.17) is 0 Å². The van der Waals surface area contributed by atoms with Gasteiger partial charge in [0.25, 0.3) is 0 Å². The van der Waals surface area contributed by atoms with Gasteiger partial charge in [-0.05, 0) is 30.4 Å². The first-order chi connectivity index (χ1) is 8.08. The van der Waals surface area contributed by atoms with Crippen molar-refractivity contribution in [1.29, 1.82) is 0 Å². The lowest BCUT2D eigenvalue weighted by Gasteiger charge is -2.23. The fourth-order valence-electron chi connectivity index (χ4n) is 2.90. The standard InChI is InChI=1S/C14H18N2O/c1-4-14-6-10(14)12-11(16-13(14)17)5-9(7-15-12)8(2)3/h5,7-8,10H,4,6H2,1-3H3,(H,16,17)/t10?,14-/m0/s1. The third kappa shape index (κ3) is 1.34. The molecule has 3 nitrogen and oxygen atoms in total. The van der Waals surface area contributed by atoms with E-state index in [1.807, 2.05) is 6.20 Å². The lowest BCUT2D eigenvalue weighted by Crippen LogP contribution is -2.29. The predicted molar refractivity (Wildman–Crippen MR) is 67.0 cm³/mol. The Balaban J connectivity index is 2.03. The van der Waals surface area contributed by atoms with Gasteiger partial charge >= 0.3 is 0 Å². The Labute approximate surface area is 102 Å². The Bertz CT molecular complexity index is 495. The second-order valence-electron chi connectivity index (χ2n) is 5.58. The molecule has 0 saturated heterocycles. The van der Waals surface area contributed by atoms with Crippen LogP contribution in [0.3, 0.4) is 0 Å². The summed E-state index contributed by atoms with van der Waals surface area (Å²) in [4.78, 5) is 16.7. The highest BCUT2D eigenvalue weighted by Crippen LogP contribution is 2.64. The SMILES string of the molecule is CC[C@]12CC1c1ncc(C(C)C)cc1NC2=O. The maximum absolute atomic E-state index is 12.1. The van der Waals surface area contributed by atoms with E-state index in [1.165, 1.54) is 5.56 Å². The average molecular weight is 230 g/mol. The molecule has 3 heteroatoms. The van der Waals surface area contributed by atoms with Crippen LogP contribution in [0.5, 0.6) is 0 Å². The van der Waals surface area contributed by atoms with Gasteiger partial charge in [0, 0.05) is 12.1 Å². The van der Waals surface area contributed by atoms with E-state index >= 15 is 0 Å².